The molecule has 2 bridgehead atoms. The number of nitrogens with zero attached hydrogens (tertiary/aromatic N) is 2. The zero-order valence-corrected chi connectivity index (χ0v) is 16.5. The van der Waals surface area contributed by atoms with Crippen molar-refractivity contribution in [2.45, 2.75) is 31.8 Å². The molecule has 2 atom stereocenters. The summed E-state index contributed by atoms with van der Waals surface area (Å²) in [5.41, 5.74) is 2.47. The Kier molecular flexibility index (Phi) is 4.76. The second-order valence-electron chi connectivity index (χ2n) is 7.43. The maximum atomic E-state index is 12.9. The van der Waals surface area contributed by atoms with Gasteiger partial charge in [-0.3, -0.25) is 9.69 Å². The Bertz CT molecular complexity index is 817. The molecule has 5 rings (SSSR count). The third-order valence-electron chi connectivity index (χ3n) is 5.99. The number of piperidine rings is 3. The number of hydrogen-bond donors (Lipinski definition) is 1. The van der Waals surface area contributed by atoms with E-state index in [1.54, 1.807) is 6.07 Å². The van der Waals surface area contributed by atoms with Gasteiger partial charge in [0.1, 0.15) is 5.69 Å². The van der Waals surface area contributed by atoms with Crippen LogP contribution < -0.4 is 5.32 Å². The van der Waals surface area contributed by atoms with Crippen LogP contribution in [0.3, 0.4) is 0 Å². The number of carbonyl (C=O) groups excluding carboxylic acids is 1. The van der Waals surface area contributed by atoms with E-state index in [0.29, 0.717) is 27.7 Å². The summed E-state index contributed by atoms with van der Waals surface area (Å²) < 4.78 is 1.91. The Morgan fingerprint density at radius 2 is 1.77 bits per heavy atom. The summed E-state index contributed by atoms with van der Waals surface area (Å²) in [5.74, 6) is 0.572. The number of benzene rings is 1. The standard InChI is InChI=1S/C20H23Cl2N3O/c1-12-19(13-5-7-25(12)8-6-13)23-20(26)18-4-3-17(24(18)2)14-9-15(21)11-16(22)10-14/h3-4,9-13,19H,5-8H2,1-2H3,(H,23,26)/t12-,19+/m1/s1. The molecule has 0 saturated carbocycles. The quantitative estimate of drug-likeness (QED) is 0.850. The van der Waals surface area contributed by atoms with Crippen molar-refractivity contribution < 1.29 is 4.79 Å². The van der Waals surface area contributed by atoms with Crippen molar-refractivity contribution in [3.05, 3.63) is 46.1 Å². The Morgan fingerprint density at radius 1 is 1.12 bits per heavy atom. The molecule has 3 saturated heterocycles. The Morgan fingerprint density at radius 3 is 2.38 bits per heavy atom. The third-order valence-corrected chi connectivity index (χ3v) is 6.42. The van der Waals surface area contributed by atoms with Crippen molar-refractivity contribution in [3.8, 4) is 11.3 Å². The molecule has 0 unspecified atom stereocenters. The van der Waals surface area contributed by atoms with Crippen LogP contribution >= 0.6 is 23.2 Å². The average Bonchev–Trinajstić information content (AvgIpc) is 2.99. The molecule has 26 heavy (non-hydrogen) atoms. The molecule has 6 heteroatoms. The molecule has 0 aliphatic carbocycles. The predicted octanol–water partition coefficient (Wildman–Crippen LogP) is 4.21. The highest BCUT2D eigenvalue weighted by Gasteiger charge is 2.40. The van der Waals surface area contributed by atoms with Gasteiger partial charge in [0.25, 0.3) is 5.91 Å². The maximum absolute atomic E-state index is 12.9. The smallest absolute Gasteiger partial charge is 0.268 e. The normalized spacial score (nSPS) is 27.5. The highest BCUT2D eigenvalue weighted by molar-refractivity contribution is 6.35. The molecule has 1 aromatic heterocycles. The second kappa shape index (κ2) is 6.91. The molecule has 1 amide bonds. The van der Waals surface area contributed by atoms with Gasteiger partial charge in [0.2, 0.25) is 0 Å². The Labute approximate surface area is 164 Å². The van der Waals surface area contributed by atoms with Crippen molar-refractivity contribution in [2.24, 2.45) is 13.0 Å². The van der Waals surface area contributed by atoms with Gasteiger partial charge in [0, 0.05) is 40.4 Å². The minimum atomic E-state index is -0.0162. The van der Waals surface area contributed by atoms with Gasteiger partial charge in [0.05, 0.1) is 0 Å². The highest BCUT2D eigenvalue weighted by Crippen LogP contribution is 2.33. The Balaban J connectivity index is 1.57. The van der Waals surface area contributed by atoms with Crippen LogP contribution in [-0.4, -0.2) is 40.5 Å². The minimum absolute atomic E-state index is 0.0162. The number of rotatable bonds is 3. The molecule has 3 aliphatic rings. The average molecular weight is 392 g/mol. The van der Waals surface area contributed by atoms with Gasteiger partial charge in [-0.05, 0) is 69.1 Å². The van der Waals surface area contributed by atoms with Gasteiger partial charge in [-0.2, -0.15) is 0 Å². The van der Waals surface area contributed by atoms with E-state index in [1.807, 2.05) is 35.9 Å². The lowest BCUT2D eigenvalue weighted by molar-refractivity contribution is 0.0215. The fourth-order valence-corrected chi connectivity index (χ4v) is 5.03. The highest BCUT2D eigenvalue weighted by atomic mass is 35.5. The Hall–Kier alpha value is -1.49. The van der Waals surface area contributed by atoms with Gasteiger partial charge in [-0.1, -0.05) is 23.2 Å². The monoisotopic (exact) mass is 391 g/mol. The number of aromatic nitrogens is 1. The zero-order valence-electron chi connectivity index (χ0n) is 15.0. The summed E-state index contributed by atoms with van der Waals surface area (Å²) in [6.07, 6.45) is 2.35. The predicted molar refractivity (Wildman–Crippen MR) is 106 cm³/mol. The summed E-state index contributed by atoms with van der Waals surface area (Å²) >= 11 is 12.3. The van der Waals surface area contributed by atoms with Crippen LogP contribution in [0.15, 0.2) is 30.3 Å². The molecule has 138 valence electrons. The van der Waals surface area contributed by atoms with E-state index in [-0.39, 0.29) is 11.9 Å². The minimum Gasteiger partial charge on any atom is -0.346 e. The van der Waals surface area contributed by atoms with Crippen LogP contribution in [0.2, 0.25) is 10.0 Å². The fraction of sp³-hybridized carbons (Fsp3) is 0.450. The lowest BCUT2D eigenvalue weighted by Gasteiger charge is -2.49. The van der Waals surface area contributed by atoms with Gasteiger partial charge < -0.3 is 9.88 Å². The van der Waals surface area contributed by atoms with Crippen LogP contribution in [0.4, 0.5) is 0 Å². The third kappa shape index (κ3) is 3.15. The number of hydrogen-bond acceptors (Lipinski definition) is 2. The number of fused-ring (bicyclic) bond motifs is 3. The van der Waals surface area contributed by atoms with Crippen LogP contribution in [0, 0.1) is 5.92 Å². The van der Waals surface area contributed by atoms with Crippen LogP contribution in [0.5, 0.6) is 0 Å². The summed E-state index contributed by atoms with van der Waals surface area (Å²) in [5, 5.41) is 4.46. The molecular weight excluding hydrogens is 369 g/mol. The molecule has 0 spiro atoms. The summed E-state index contributed by atoms with van der Waals surface area (Å²) in [6.45, 7) is 4.53. The van der Waals surface area contributed by atoms with Crippen LogP contribution in [0.1, 0.15) is 30.3 Å². The molecule has 4 heterocycles. The number of amides is 1. The molecule has 4 nitrogen and oxygen atoms in total. The van der Waals surface area contributed by atoms with E-state index in [4.69, 9.17) is 23.2 Å². The SMILES string of the molecule is C[C@@H]1[C@H](NC(=O)c2ccc(-c3cc(Cl)cc(Cl)c3)n2C)C2CCN1CC2. The largest absolute Gasteiger partial charge is 0.346 e. The zero-order chi connectivity index (χ0) is 18.4. The number of nitrogens with one attached hydrogen (secondary N) is 1. The van der Waals surface area contributed by atoms with Gasteiger partial charge in [-0.25, -0.2) is 0 Å². The van der Waals surface area contributed by atoms with Crippen molar-refractivity contribution in [1.29, 1.82) is 0 Å². The fourth-order valence-electron chi connectivity index (χ4n) is 4.50. The molecule has 0 radical (unpaired) electrons. The van der Waals surface area contributed by atoms with E-state index in [2.05, 4.69) is 17.1 Å². The number of carbonyl (C=O) groups is 1. The van der Waals surface area contributed by atoms with E-state index >= 15 is 0 Å². The molecular formula is C20H23Cl2N3O. The van der Waals surface area contributed by atoms with E-state index < -0.39 is 0 Å². The summed E-state index contributed by atoms with van der Waals surface area (Å²) in [7, 11) is 1.90. The first-order chi connectivity index (χ1) is 12.4. The topological polar surface area (TPSA) is 37.3 Å². The van der Waals surface area contributed by atoms with E-state index in [1.165, 1.54) is 12.8 Å². The first kappa shape index (κ1) is 17.9. The van der Waals surface area contributed by atoms with Crippen molar-refractivity contribution in [1.82, 2.24) is 14.8 Å². The lowest BCUT2D eigenvalue weighted by Crippen LogP contribution is -2.62. The molecule has 1 N–H and O–H groups in total. The first-order valence-electron chi connectivity index (χ1n) is 9.11. The second-order valence-corrected chi connectivity index (χ2v) is 8.31. The van der Waals surface area contributed by atoms with Gasteiger partial charge >= 0.3 is 0 Å². The summed E-state index contributed by atoms with van der Waals surface area (Å²) in [4.78, 5) is 15.4. The molecule has 2 aromatic rings. The summed E-state index contributed by atoms with van der Waals surface area (Å²) in [6, 6.07) is 9.86. The van der Waals surface area contributed by atoms with E-state index in [9.17, 15) is 4.79 Å². The maximum Gasteiger partial charge on any atom is 0.268 e. The van der Waals surface area contributed by atoms with Crippen molar-refractivity contribution in [2.75, 3.05) is 13.1 Å². The van der Waals surface area contributed by atoms with Crippen molar-refractivity contribution in [3.63, 3.8) is 0 Å². The van der Waals surface area contributed by atoms with Crippen LogP contribution in [-0.2, 0) is 7.05 Å². The van der Waals surface area contributed by atoms with Gasteiger partial charge in [0.15, 0.2) is 0 Å². The molecule has 3 aliphatic heterocycles. The number of halogens is 2. The first-order valence-corrected chi connectivity index (χ1v) is 9.87. The lowest BCUT2D eigenvalue weighted by atomic mass is 9.79. The molecule has 3 fully saturated rings. The van der Waals surface area contributed by atoms with Crippen molar-refractivity contribution >= 4 is 29.1 Å². The van der Waals surface area contributed by atoms with E-state index in [0.717, 1.165) is 24.3 Å². The van der Waals surface area contributed by atoms with Crippen LogP contribution in [0.25, 0.3) is 11.3 Å². The molecule has 1 aromatic carbocycles. The van der Waals surface area contributed by atoms with Gasteiger partial charge in [-0.15, -0.1) is 0 Å².